The lowest BCUT2D eigenvalue weighted by Gasteiger charge is -2.31. The first-order valence-corrected chi connectivity index (χ1v) is 12.9. The fourth-order valence-electron chi connectivity index (χ4n) is 3.75. The largest absolute Gasteiger partial charge is 0.497 e. The van der Waals surface area contributed by atoms with Gasteiger partial charge >= 0.3 is 0 Å². The van der Waals surface area contributed by atoms with Crippen LogP contribution in [0.25, 0.3) is 0 Å². The van der Waals surface area contributed by atoms with E-state index in [4.69, 9.17) is 16.2 Å². The number of nitrogens with one attached hydrogen (secondary N) is 1. The minimum Gasteiger partial charge on any atom is -0.497 e. The van der Waals surface area contributed by atoms with Gasteiger partial charge in [-0.1, -0.05) is 48.5 Å². The standard InChI is InChI=1S/C26H25N5O4S2/c1-35-18-11-9-17(10-12-18)22(25(33)29-14-16-6-3-2-4-7-16)31(15-19-8-5-13-36-19)26(34)23-20(27)21(24(28)32)30-37-23/h2-13,22H,14-15,27H2,1H3,(H2,28,32)(H,29,33). The maximum absolute atomic E-state index is 13.9. The average molecular weight is 536 g/mol. The molecule has 2 heterocycles. The van der Waals surface area contributed by atoms with Crippen LogP contribution in [0.3, 0.4) is 0 Å². The number of carbonyl (C=O) groups excluding carboxylic acids is 3. The van der Waals surface area contributed by atoms with Gasteiger partial charge in [0.1, 0.15) is 16.7 Å². The number of rotatable bonds is 10. The Kier molecular flexibility index (Phi) is 8.16. The quantitative estimate of drug-likeness (QED) is 0.283. The molecule has 0 saturated carbocycles. The third-order valence-corrected chi connectivity index (χ3v) is 7.34. The number of hydrogen-bond donors (Lipinski definition) is 3. The van der Waals surface area contributed by atoms with Crippen molar-refractivity contribution in [1.29, 1.82) is 0 Å². The van der Waals surface area contributed by atoms with Crippen molar-refractivity contribution in [3.8, 4) is 5.75 Å². The summed E-state index contributed by atoms with van der Waals surface area (Å²) in [6.45, 7) is 0.414. The predicted octanol–water partition coefficient (Wildman–Crippen LogP) is 3.59. The first-order valence-electron chi connectivity index (χ1n) is 11.2. The van der Waals surface area contributed by atoms with Gasteiger partial charge in [-0.3, -0.25) is 14.4 Å². The highest BCUT2D eigenvalue weighted by Gasteiger charge is 2.35. The van der Waals surface area contributed by atoms with E-state index in [0.717, 1.165) is 22.0 Å². The van der Waals surface area contributed by atoms with Gasteiger partial charge < -0.3 is 26.4 Å². The molecule has 1 unspecified atom stereocenters. The third kappa shape index (κ3) is 5.96. The molecule has 5 N–H and O–H groups in total. The van der Waals surface area contributed by atoms with Crippen LogP contribution >= 0.6 is 22.9 Å². The third-order valence-electron chi connectivity index (χ3n) is 5.62. The number of carbonyl (C=O) groups is 3. The van der Waals surface area contributed by atoms with Gasteiger partial charge in [-0.05, 0) is 46.2 Å². The molecule has 0 spiro atoms. The number of nitrogen functional groups attached to an aromatic ring is 1. The zero-order chi connectivity index (χ0) is 26.4. The first-order chi connectivity index (χ1) is 17.9. The van der Waals surface area contributed by atoms with Gasteiger partial charge in [0.25, 0.3) is 11.8 Å². The van der Waals surface area contributed by atoms with Crippen molar-refractivity contribution in [2.75, 3.05) is 12.8 Å². The van der Waals surface area contributed by atoms with E-state index in [2.05, 4.69) is 9.69 Å². The SMILES string of the molecule is COc1ccc(C(C(=O)NCc2ccccc2)N(Cc2cccs2)C(=O)c2snc(C(N)=O)c2N)cc1. The zero-order valence-electron chi connectivity index (χ0n) is 19.9. The lowest BCUT2D eigenvalue weighted by atomic mass is 10.0. The Bertz CT molecular complexity index is 1370. The second-order valence-electron chi connectivity index (χ2n) is 8.03. The Labute approximate surface area is 221 Å². The van der Waals surface area contributed by atoms with Crippen molar-refractivity contribution in [3.63, 3.8) is 0 Å². The summed E-state index contributed by atoms with van der Waals surface area (Å²) in [5, 5.41) is 4.84. The fourth-order valence-corrected chi connectivity index (χ4v) is 5.22. The van der Waals surface area contributed by atoms with Crippen LogP contribution in [0, 0.1) is 0 Å². The van der Waals surface area contributed by atoms with E-state index in [1.165, 1.54) is 16.2 Å². The Morgan fingerprint density at radius 3 is 2.38 bits per heavy atom. The summed E-state index contributed by atoms with van der Waals surface area (Å²) >= 11 is 2.23. The zero-order valence-corrected chi connectivity index (χ0v) is 21.6. The molecule has 0 aliphatic carbocycles. The van der Waals surface area contributed by atoms with E-state index >= 15 is 0 Å². The molecule has 0 fully saturated rings. The van der Waals surface area contributed by atoms with Gasteiger partial charge in [0.2, 0.25) is 5.91 Å². The van der Waals surface area contributed by atoms with Gasteiger partial charge in [-0.2, -0.15) is 4.37 Å². The van der Waals surface area contributed by atoms with E-state index in [1.54, 1.807) is 31.4 Å². The smallest absolute Gasteiger partial charge is 0.270 e. The molecule has 4 aromatic rings. The topological polar surface area (TPSA) is 141 Å². The number of nitrogens with zero attached hydrogens (tertiary/aromatic N) is 2. The molecule has 3 amide bonds. The highest BCUT2D eigenvalue weighted by atomic mass is 32.1. The van der Waals surface area contributed by atoms with Crippen LogP contribution in [-0.2, 0) is 17.9 Å². The Balaban J connectivity index is 1.75. The van der Waals surface area contributed by atoms with E-state index < -0.39 is 17.9 Å². The fraction of sp³-hybridized carbons (Fsp3) is 0.154. The second kappa shape index (κ2) is 11.7. The summed E-state index contributed by atoms with van der Waals surface area (Å²) in [6, 6.07) is 19.2. The number of nitrogens with two attached hydrogens (primary N) is 2. The number of primary amides is 1. The van der Waals surface area contributed by atoms with Crippen molar-refractivity contribution >= 4 is 46.3 Å². The van der Waals surface area contributed by atoms with Crippen molar-refractivity contribution in [2.24, 2.45) is 5.73 Å². The van der Waals surface area contributed by atoms with Crippen molar-refractivity contribution in [1.82, 2.24) is 14.6 Å². The molecule has 1 atom stereocenters. The maximum atomic E-state index is 13.9. The molecular weight excluding hydrogens is 510 g/mol. The normalized spacial score (nSPS) is 11.5. The number of ether oxygens (including phenoxy) is 1. The van der Waals surface area contributed by atoms with Gasteiger partial charge in [0.05, 0.1) is 19.3 Å². The number of benzene rings is 2. The van der Waals surface area contributed by atoms with Crippen molar-refractivity contribution in [2.45, 2.75) is 19.1 Å². The monoisotopic (exact) mass is 535 g/mol. The van der Waals surface area contributed by atoms with Gasteiger partial charge in [0.15, 0.2) is 5.69 Å². The van der Waals surface area contributed by atoms with Crippen LogP contribution in [0.15, 0.2) is 72.1 Å². The number of thiophene rings is 1. The van der Waals surface area contributed by atoms with E-state index in [9.17, 15) is 14.4 Å². The van der Waals surface area contributed by atoms with Crippen LogP contribution in [0.2, 0.25) is 0 Å². The molecule has 2 aromatic heterocycles. The van der Waals surface area contributed by atoms with E-state index in [1.807, 2.05) is 47.8 Å². The highest BCUT2D eigenvalue weighted by molar-refractivity contribution is 7.10. The second-order valence-corrected chi connectivity index (χ2v) is 9.84. The molecule has 0 aliphatic heterocycles. The van der Waals surface area contributed by atoms with Crippen molar-refractivity contribution in [3.05, 3.63) is 98.7 Å². The molecule has 0 bridgehead atoms. The van der Waals surface area contributed by atoms with Gasteiger partial charge in [-0.15, -0.1) is 11.3 Å². The van der Waals surface area contributed by atoms with Crippen LogP contribution in [0.1, 0.15) is 42.2 Å². The molecular formula is C26H25N5O4S2. The lowest BCUT2D eigenvalue weighted by molar-refractivity contribution is -0.126. The summed E-state index contributed by atoms with van der Waals surface area (Å²) in [4.78, 5) is 41.7. The Morgan fingerprint density at radius 2 is 1.78 bits per heavy atom. The number of hydrogen-bond acceptors (Lipinski definition) is 8. The van der Waals surface area contributed by atoms with Crippen LogP contribution in [0.5, 0.6) is 5.75 Å². The van der Waals surface area contributed by atoms with Crippen LogP contribution in [0.4, 0.5) is 5.69 Å². The average Bonchev–Trinajstić information content (AvgIpc) is 3.57. The Morgan fingerprint density at radius 1 is 1.05 bits per heavy atom. The van der Waals surface area contributed by atoms with Crippen molar-refractivity contribution < 1.29 is 19.1 Å². The molecule has 0 saturated heterocycles. The summed E-state index contributed by atoms with van der Waals surface area (Å²) in [7, 11) is 1.55. The number of amides is 3. The molecule has 0 radical (unpaired) electrons. The summed E-state index contributed by atoms with van der Waals surface area (Å²) < 4.78 is 9.24. The van der Waals surface area contributed by atoms with Crippen LogP contribution < -0.4 is 21.5 Å². The Hall–Kier alpha value is -4.22. The molecule has 4 rings (SSSR count). The lowest BCUT2D eigenvalue weighted by Crippen LogP contribution is -2.43. The summed E-state index contributed by atoms with van der Waals surface area (Å²) in [6.07, 6.45) is 0. The maximum Gasteiger partial charge on any atom is 0.270 e. The molecule has 9 nitrogen and oxygen atoms in total. The van der Waals surface area contributed by atoms with Gasteiger partial charge in [-0.25, -0.2) is 0 Å². The minimum atomic E-state index is -1.01. The molecule has 190 valence electrons. The van der Waals surface area contributed by atoms with Crippen LogP contribution in [-0.4, -0.2) is 34.1 Å². The number of methoxy groups -OCH3 is 1. The molecule has 11 heteroatoms. The molecule has 37 heavy (non-hydrogen) atoms. The minimum absolute atomic E-state index is 0.0414. The predicted molar refractivity (Wildman–Crippen MR) is 143 cm³/mol. The number of anilines is 1. The molecule has 0 aliphatic rings. The summed E-state index contributed by atoms with van der Waals surface area (Å²) in [5.74, 6) is -1.13. The number of aromatic nitrogens is 1. The highest BCUT2D eigenvalue weighted by Crippen LogP contribution is 2.31. The molecule has 2 aromatic carbocycles. The van der Waals surface area contributed by atoms with E-state index in [-0.39, 0.29) is 35.3 Å². The first kappa shape index (κ1) is 25.9. The van der Waals surface area contributed by atoms with E-state index in [0.29, 0.717) is 11.3 Å². The summed E-state index contributed by atoms with van der Waals surface area (Å²) in [5.41, 5.74) is 12.7. The van der Waals surface area contributed by atoms with Gasteiger partial charge in [0, 0.05) is 11.4 Å².